The number of ether oxygens (including phenoxy) is 2. The van der Waals surface area contributed by atoms with Gasteiger partial charge in [-0.15, -0.1) is 0 Å². The molecule has 0 radical (unpaired) electrons. The summed E-state index contributed by atoms with van der Waals surface area (Å²) < 4.78 is 26.4. The molecule has 1 fully saturated rings. The number of aliphatic hydroxyl groups excluding tert-OH is 1. The third-order valence-electron chi connectivity index (χ3n) is 7.61. The van der Waals surface area contributed by atoms with Crippen LogP contribution >= 0.6 is 12.2 Å². The number of aliphatic hydroxyl groups is 1. The lowest BCUT2D eigenvalue weighted by Gasteiger charge is -2.44. The number of halogens is 1. The van der Waals surface area contributed by atoms with Crippen molar-refractivity contribution in [3.05, 3.63) is 95.3 Å². The summed E-state index contributed by atoms with van der Waals surface area (Å²) in [5.41, 5.74) is 4.29. The van der Waals surface area contributed by atoms with Gasteiger partial charge in [-0.25, -0.2) is 4.39 Å². The molecule has 0 bridgehead atoms. The third-order valence-corrected chi connectivity index (χ3v) is 7.90. The normalized spacial score (nSPS) is 21.0. The summed E-state index contributed by atoms with van der Waals surface area (Å²) in [4.78, 5) is 13.3. The molecule has 0 amide bonds. The number of carbonyl (C=O) groups is 1. The van der Waals surface area contributed by atoms with Gasteiger partial charge in [-0.2, -0.15) is 0 Å². The number of hydrogen-bond donors (Lipinski definition) is 1. The van der Waals surface area contributed by atoms with Crippen LogP contribution in [0, 0.1) is 11.7 Å². The van der Waals surface area contributed by atoms with Crippen molar-refractivity contribution in [2.45, 2.75) is 30.6 Å². The summed E-state index contributed by atoms with van der Waals surface area (Å²) in [5, 5.41) is 10.1. The zero-order chi connectivity index (χ0) is 25.1. The van der Waals surface area contributed by atoms with Gasteiger partial charge in [0, 0.05) is 29.4 Å². The molecule has 186 valence electrons. The maximum absolute atomic E-state index is 14.9. The lowest BCUT2D eigenvalue weighted by molar-refractivity contribution is -0.142. The van der Waals surface area contributed by atoms with Gasteiger partial charge in [0.2, 0.25) is 0 Å². The summed E-state index contributed by atoms with van der Waals surface area (Å²) in [7, 11) is 0. The van der Waals surface area contributed by atoms with E-state index in [9.17, 15) is 14.3 Å². The standard InChI is InChI=1S/C30H29FO4S/c31-28-12-6-5-11-27(28)30(19-34-14-13-20(30)17-32)16-21(36)15-29(33)35-18-26-24-9-3-1-7-22(24)23-8-2-4-10-25(23)26/h1-12,20,26,32H,13-19H2/t20-,30+/m0/s1. The van der Waals surface area contributed by atoms with Gasteiger partial charge >= 0.3 is 5.97 Å². The van der Waals surface area contributed by atoms with Crippen molar-refractivity contribution < 1.29 is 23.8 Å². The smallest absolute Gasteiger partial charge is 0.310 e. The Kier molecular flexibility index (Phi) is 7.28. The van der Waals surface area contributed by atoms with Crippen molar-refractivity contribution in [1.29, 1.82) is 0 Å². The third kappa shape index (κ3) is 4.61. The summed E-state index contributed by atoms with van der Waals surface area (Å²) >= 11 is 5.64. The minimum Gasteiger partial charge on any atom is -0.464 e. The van der Waals surface area contributed by atoms with E-state index in [4.69, 9.17) is 21.7 Å². The van der Waals surface area contributed by atoms with E-state index in [1.54, 1.807) is 18.2 Å². The van der Waals surface area contributed by atoms with Gasteiger partial charge < -0.3 is 14.6 Å². The molecule has 2 atom stereocenters. The first-order valence-corrected chi connectivity index (χ1v) is 12.7. The number of thiocarbonyl (C=S) groups is 1. The first kappa shape index (κ1) is 24.8. The minimum atomic E-state index is -0.820. The zero-order valence-electron chi connectivity index (χ0n) is 20.0. The molecule has 1 heterocycles. The first-order chi connectivity index (χ1) is 17.5. The fraction of sp³-hybridized carbons (Fsp3) is 0.333. The van der Waals surface area contributed by atoms with Crippen LogP contribution in [0.3, 0.4) is 0 Å². The van der Waals surface area contributed by atoms with Crippen molar-refractivity contribution in [2.24, 2.45) is 5.92 Å². The summed E-state index contributed by atoms with van der Waals surface area (Å²) in [6.45, 7) is 0.867. The van der Waals surface area contributed by atoms with Gasteiger partial charge in [-0.3, -0.25) is 4.79 Å². The van der Waals surface area contributed by atoms with E-state index in [1.807, 2.05) is 24.3 Å². The van der Waals surface area contributed by atoms with Crippen LogP contribution in [0.15, 0.2) is 72.8 Å². The van der Waals surface area contributed by atoms with E-state index in [0.29, 0.717) is 23.5 Å². The van der Waals surface area contributed by atoms with Crippen LogP contribution in [0.5, 0.6) is 0 Å². The highest BCUT2D eigenvalue weighted by molar-refractivity contribution is 7.80. The fourth-order valence-electron chi connectivity index (χ4n) is 5.84. The number of benzene rings is 3. The van der Waals surface area contributed by atoms with Gasteiger partial charge in [-0.05, 0) is 52.6 Å². The maximum atomic E-state index is 14.9. The molecule has 3 aromatic rings. The number of fused-ring (bicyclic) bond motifs is 3. The van der Waals surface area contributed by atoms with E-state index >= 15 is 0 Å². The molecule has 0 unspecified atom stereocenters. The highest BCUT2D eigenvalue weighted by Crippen LogP contribution is 2.45. The molecule has 3 aromatic carbocycles. The lowest BCUT2D eigenvalue weighted by Crippen LogP contribution is -2.47. The SMILES string of the molecule is O=C(CC(=S)C[C@@]1(c2ccccc2F)COCC[C@H]1CO)OCC1c2ccccc2-c2ccccc21. The zero-order valence-corrected chi connectivity index (χ0v) is 20.8. The first-order valence-electron chi connectivity index (χ1n) is 12.3. The van der Waals surface area contributed by atoms with Crippen LogP contribution in [0.1, 0.15) is 41.9 Å². The van der Waals surface area contributed by atoms with Crippen LogP contribution < -0.4 is 0 Å². The van der Waals surface area contributed by atoms with Crippen molar-refractivity contribution in [3.63, 3.8) is 0 Å². The van der Waals surface area contributed by atoms with Gasteiger partial charge in [0.15, 0.2) is 0 Å². The molecule has 0 saturated carbocycles. The van der Waals surface area contributed by atoms with Crippen molar-refractivity contribution >= 4 is 23.1 Å². The molecule has 0 aromatic heterocycles. The molecule has 0 spiro atoms. The van der Waals surface area contributed by atoms with Crippen LogP contribution in [-0.4, -0.2) is 42.4 Å². The molecule has 36 heavy (non-hydrogen) atoms. The molecule has 4 nitrogen and oxygen atoms in total. The number of hydrogen-bond acceptors (Lipinski definition) is 5. The van der Waals surface area contributed by atoms with Gasteiger partial charge in [-0.1, -0.05) is 78.9 Å². The molecular formula is C30H29FO4S. The molecular weight excluding hydrogens is 475 g/mol. The number of rotatable bonds is 8. The minimum absolute atomic E-state index is 0.0230. The Balaban J connectivity index is 1.29. The van der Waals surface area contributed by atoms with Crippen LogP contribution in [0.2, 0.25) is 0 Å². The largest absolute Gasteiger partial charge is 0.464 e. The second-order valence-electron chi connectivity index (χ2n) is 9.66. The molecule has 1 aliphatic carbocycles. The Morgan fingerprint density at radius 1 is 1.03 bits per heavy atom. The highest BCUT2D eigenvalue weighted by atomic mass is 32.1. The van der Waals surface area contributed by atoms with Gasteiger partial charge in [0.25, 0.3) is 0 Å². The topological polar surface area (TPSA) is 55.8 Å². The maximum Gasteiger partial charge on any atom is 0.310 e. The quantitative estimate of drug-likeness (QED) is 0.320. The van der Waals surface area contributed by atoms with Crippen molar-refractivity contribution in [2.75, 3.05) is 26.4 Å². The average molecular weight is 505 g/mol. The Morgan fingerprint density at radius 2 is 1.67 bits per heavy atom. The summed E-state index contributed by atoms with van der Waals surface area (Å²) in [6.07, 6.45) is 0.816. The Hall–Kier alpha value is -2.93. The molecule has 6 heteroatoms. The Morgan fingerprint density at radius 3 is 2.33 bits per heavy atom. The fourth-order valence-corrected chi connectivity index (χ4v) is 6.21. The summed E-state index contributed by atoms with van der Waals surface area (Å²) in [5.74, 6) is -0.998. The van der Waals surface area contributed by atoms with Crippen LogP contribution in [0.25, 0.3) is 11.1 Å². The van der Waals surface area contributed by atoms with Gasteiger partial charge in [0.05, 0.1) is 13.0 Å². The monoisotopic (exact) mass is 504 g/mol. The van der Waals surface area contributed by atoms with E-state index in [1.165, 1.54) is 17.2 Å². The Bertz CT molecular complexity index is 1230. The van der Waals surface area contributed by atoms with E-state index in [0.717, 1.165) is 11.1 Å². The van der Waals surface area contributed by atoms with Crippen molar-refractivity contribution in [3.8, 4) is 11.1 Å². The highest BCUT2D eigenvalue weighted by Gasteiger charge is 2.45. The van der Waals surface area contributed by atoms with E-state index < -0.39 is 11.4 Å². The molecule has 1 saturated heterocycles. The van der Waals surface area contributed by atoms with Crippen molar-refractivity contribution in [1.82, 2.24) is 0 Å². The second-order valence-corrected chi connectivity index (χ2v) is 10.2. The average Bonchev–Trinajstić information content (AvgIpc) is 3.21. The number of esters is 1. The van der Waals surface area contributed by atoms with Crippen LogP contribution in [0.4, 0.5) is 4.39 Å². The molecule has 1 aliphatic heterocycles. The van der Waals surface area contributed by atoms with Crippen LogP contribution in [-0.2, 0) is 19.7 Å². The molecule has 2 aliphatic rings. The van der Waals surface area contributed by atoms with E-state index in [2.05, 4.69) is 24.3 Å². The predicted octanol–water partition coefficient (Wildman–Crippen LogP) is 5.60. The summed E-state index contributed by atoms with van der Waals surface area (Å²) in [6, 6.07) is 22.9. The predicted molar refractivity (Wildman–Crippen MR) is 141 cm³/mol. The molecule has 1 N–H and O–H groups in total. The van der Waals surface area contributed by atoms with E-state index in [-0.39, 0.29) is 50.3 Å². The number of carbonyl (C=O) groups excluding carboxylic acids is 1. The Labute approximate surface area is 216 Å². The van der Waals surface area contributed by atoms with Gasteiger partial charge in [0.1, 0.15) is 12.4 Å². The second kappa shape index (κ2) is 10.6. The molecule has 5 rings (SSSR count). The lowest BCUT2D eigenvalue weighted by atomic mass is 9.65.